The topological polar surface area (TPSA) is 75.6 Å². The number of piperidine rings is 1. The van der Waals surface area contributed by atoms with Gasteiger partial charge in [0.1, 0.15) is 0 Å². The van der Waals surface area contributed by atoms with E-state index in [1.54, 1.807) is 6.07 Å². The zero-order valence-electron chi connectivity index (χ0n) is 12.1. The molecule has 2 N–H and O–H groups in total. The molecule has 0 saturated carbocycles. The van der Waals surface area contributed by atoms with Crippen LogP contribution in [-0.4, -0.2) is 43.6 Å². The van der Waals surface area contributed by atoms with Gasteiger partial charge < -0.3 is 15.5 Å². The Labute approximate surface area is 119 Å². The minimum absolute atomic E-state index is 0.0407. The predicted octanol–water partition coefficient (Wildman–Crippen LogP) is 1.95. The summed E-state index contributed by atoms with van der Waals surface area (Å²) in [6.45, 7) is 3.21. The minimum atomic E-state index is -0.420. The van der Waals surface area contributed by atoms with Crippen LogP contribution in [0.2, 0.25) is 0 Å². The molecular weight excluding hydrogens is 256 g/mol. The second-order valence-electron chi connectivity index (χ2n) is 5.63. The summed E-state index contributed by atoms with van der Waals surface area (Å²) in [4.78, 5) is 14.7. The number of nitrogens with zero attached hydrogens (tertiary/aromatic N) is 3. The molecule has 2 rings (SSSR count). The third kappa shape index (κ3) is 3.39. The van der Waals surface area contributed by atoms with E-state index in [9.17, 15) is 10.1 Å². The van der Waals surface area contributed by atoms with Gasteiger partial charge in [-0.15, -0.1) is 0 Å². The number of nitro groups is 1. The second kappa shape index (κ2) is 6.09. The summed E-state index contributed by atoms with van der Waals surface area (Å²) in [5.41, 5.74) is 7.31. The van der Waals surface area contributed by atoms with Gasteiger partial charge in [-0.3, -0.25) is 10.1 Å². The fraction of sp³-hybridized carbons (Fsp3) is 0.571. The maximum atomic E-state index is 10.7. The average Bonchev–Trinajstić information content (AvgIpc) is 2.41. The molecule has 0 aliphatic carbocycles. The number of benzene rings is 1. The molecule has 1 heterocycles. The van der Waals surface area contributed by atoms with Gasteiger partial charge in [-0.25, -0.2) is 0 Å². The van der Waals surface area contributed by atoms with Crippen molar-refractivity contribution >= 4 is 17.1 Å². The lowest BCUT2D eigenvalue weighted by Crippen LogP contribution is -2.35. The molecule has 6 heteroatoms. The van der Waals surface area contributed by atoms with Crippen LogP contribution >= 0.6 is 0 Å². The Morgan fingerprint density at radius 3 is 2.65 bits per heavy atom. The van der Waals surface area contributed by atoms with E-state index in [1.165, 1.54) is 25.0 Å². The maximum absolute atomic E-state index is 10.7. The predicted molar refractivity (Wildman–Crippen MR) is 81.0 cm³/mol. The van der Waals surface area contributed by atoms with Gasteiger partial charge in [0.2, 0.25) is 0 Å². The summed E-state index contributed by atoms with van der Waals surface area (Å²) in [6.07, 6.45) is 2.38. The first-order chi connectivity index (χ1) is 9.47. The molecule has 0 aromatic heterocycles. The van der Waals surface area contributed by atoms with Gasteiger partial charge in [0.25, 0.3) is 5.69 Å². The normalized spacial score (nSPS) is 17.1. The first kappa shape index (κ1) is 14.6. The van der Waals surface area contributed by atoms with Crippen molar-refractivity contribution in [3.05, 3.63) is 28.3 Å². The fourth-order valence-electron chi connectivity index (χ4n) is 2.73. The molecule has 1 fully saturated rings. The molecule has 1 aliphatic heterocycles. The van der Waals surface area contributed by atoms with E-state index in [-0.39, 0.29) is 5.69 Å². The third-order valence-electron chi connectivity index (χ3n) is 4.00. The molecule has 1 saturated heterocycles. The largest absolute Gasteiger partial charge is 0.397 e. The standard InChI is InChI=1S/C14H22N4O2/c1-16-7-5-11(6-8-16)10-17(2)14-4-3-12(18(19)20)9-13(14)15/h3-4,9,11H,5-8,10,15H2,1-2H3. The van der Waals surface area contributed by atoms with E-state index in [2.05, 4.69) is 16.8 Å². The van der Waals surface area contributed by atoms with Crippen LogP contribution in [0.15, 0.2) is 18.2 Å². The van der Waals surface area contributed by atoms with Crippen LogP contribution in [0.5, 0.6) is 0 Å². The van der Waals surface area contributed by atoms with Crippen LogP contribution in [0.1, 0.15) is 12.8 Å². The van der Waals surface area contributed by atoms with Crippen molar-refractivity contribution < 1.29 is 4.92 Å². The summed E-state index contributed by atoms with van der Waals surface area (Å²) in [5.74, 6) is 0.658. The van der Waals surface area contributed by atoms with Crippen molar-refractivity contribution in [2.45, 2.75) is 12.8 Å². The number of hydrogen-bond donors (Lipinski definition) is 1. The zero-order chi connectivity index (χ0) is 14.7. The lowest BCUT2D eigenvalue weighted by Gasteiger charge is -2.32. The molecular formula is C14H22N4O2. The summed E-state index contributed by atoms with van der Waals surface area (Å²) in [5, 5.41) is 10.7. The van der Waals surface area contributed by atoms with Gasteiger partial charge in [-0.05, 0) is 45.0 Å². The van der Waals surface area contributed by atoms with Gasteiger partial charge in [0.15, 0.2) is 0 Å². The Bertz CT molecular complexity index is 484. The van der Waals surface area contributed by atoms with Crippen molar-refractivity contribution in [3.63, 3.8) is 0 Å². The fourth-order valence-corrected chi connectivity index (χ4v) is 2.73. The molecule has 0 atom stereocenters. The Kier molecular flexibility index (Phi) is 4.44. The molecule has 0 unspecified atom stereocenters. The van der Waals surface area contributed by atoms with Crippen molar-refractivity contribution in [1.29, 1.82) is 0 Å². The Morgan fingerprint density at radius 2 is 2.10 bits per heavy atom. The highest BCUT2D eigenvalue weighted by atomic mass is 16.6. The quantitative estimate of drug-likeness (QED) is 0.517. The number of nitrogen functional groups attached to an aromatic ring is 1. The number of nitrogens with two attached hydrogens (primary N) is 1. The van der Waals surface area contributed by atoms with E-state index < -0.39 is 4.92 Å². The van der Waals surface area contributed by atoms with Crippen LogP contribution < -0.4 is 10.6 Å². The number of likely N-dealkylation sites (tertiary alicyclic amines) is 1. The summed E-state index contributed by atoms with van der Waals surface area (Å²) >= 11 is 0. The molecule has 0 spiro atoms. The lowest BCUT2D eigenvalue weighted by atomic mass is 9.96. The first-order valence-electron chi connectivity index (χ1n) is 6.91. The van der Waals surface area contributed by atoms with Crippen molar-refractivity contribution in [3.8, 4) is 0 Å². The monoisotopic (exact) mass is 278 g/mol. The first-order valence-corrected chi connectivity index (χ1v) is 6.91. The molecule has 20 heavy (non-hydrogen) atoms. The third-order valence-corrected chi connectivity index (χ3v) is 4.00. The SMILES string of the molecule is CN1CCC(CN(C)c2ccc([N+](=O)[O-])cc2N)CC1. The molecule has 0 bridgehead atoms. The minimum Gasteiger partial charge on any atom is -0.397 e. The second-order valence-corrected chi connectivity index (χ2v) is 5.63. The van der Waals surface area contributed by atoms with Gasteiger partial charge in [0, 0.05) is 25.7 Å². The Hall–Kier alpha value is -1.82. The number of nitro benzene ring substituents is 1. The van der Waals surface area contributed by atoms with Gasteiger partial charge in [0.05, 0.1) is 16.3 Å². The smallest absolute Gasteiger partial charge is 0.271 e. The van der Waals surface area contributed by atoms with Crippen LogP contribution in [-0.2, 0) is 0 Å². The molecule has 0 amide bonds. The van der Waals surface area contributed by atoms with Gasteiger partial charge in [-0.2, -0.15) is 0 Å². The number of anilines is 2. The van der Waals surface area contributed by atoms with Crippen LogP contribution in [0.3, 0.4) is 0 Å². The number of non-ortho nitro benzene ring substituents is 1. The lowest BCUT2D eigenvalue weighted by molar-refractivity contribution is -0.384. The Balaban J connectivity index is 2.02. The van der Waals surface area contributed by atoms with Crippen LogP contribution in [0.25, 0.3) is 0 Å². The highest BCUT2D eigenvalue weighted by Crippen LogP contribution is 2.28. The highest BCUT2D eigenvalue weighted by molar-refractivity contribution is 5.70. The van der Waals surface area contributed by atoms with Crippen LogP contribution in [0, 0.1) is 16.0 Å². The van der Waals surface area contributed by atoms with E-state index in [4.69, 9.17) is 5.73 Å². The zero-order valence-corrected chi connectivity index (χ0v) is 12.1. The maximum Gasteiger partial charge on any atom is 0.271 e. The average molecular weight is 278 g/mol. The van der Waals surface area contributed by atoms with Crippen molar-refractivity contribution in [2.75, 3.05) is 44.4 Å². The molecule has 1 aromatic carbocycles. The van der Waals surface area contributed by atoms with E-state index in [0.29, 0.717) is 11.6 Å². The molecule has 1 aromatic rings. The van der Waals surface area contributed by atoms with Crippen molar-refractivity contribution in [2.24, 2.45) is 5.92 Å². The molecule has 6 nitrogen and oxygen atoms in total. The summed E-state index contributed by atoms with van der Waals surface area (Å²) in [7, 11) is 4.14. The number of hydrogen-bond acceptors (Lipinski definition) is 5. The van der Waals surface area contributed by atoms with Gasteiger partial charge >= 0.3 is 0 Å². The van der Waals surface area contributed by atoms with E-state index in [0.717, 1.165) is 25.3 Å². The summed E-state index contributed by atoms with van der Waals surface area (Å²) in [6, 6.07) is 4.68. The van der Waals surface area contributed by atoms with E-state index >= 15 is 0 Å². The molecule has 1 aliphatic rings. The molecule has 110 valence electrons. The van der Waals surface area contributed by atoms with Gasteiger partial charge in [-0.1, -0.05) is 0 Å². The van der Waals surface area contributed by atoms with E-state index in [1.807, 2.05) is 7.05 Å². The summed E-state index contributed by atoms with van der Waals surface area (Å²) < 4.78 is 0. The highest BCUT2D eigenvalue weighted by Gasteiger charge is 2.19. The number of rotatable bonds is 4. The Morgan fingerprint density at radius 1 is 1.45 bits per heavy atom. The van der Waals surface area contributed by atoms with Crippen LogP contribution in [0.4, 0.5) is 17.1 Å². The van der Waals surface area contributed by atoms with Crippen molar-refractivity contribution in [1.82, 2.24) is 4.90 Å². The molecule has 0 radical (unpaired) electrons.